The van der Waals surface area contributed by atoms with Crippen molar-refractivity contribution in [1.29, 1.82) is 0 Å². The van der Waals surface area contributed by atoms with E-state index in [1.165, 1.54) is 0 Å². The number of rotatable bonds is 9. The van der Waals surface area contributed by atoms with Gasteiger partial charge in [0, 0.05) is 5.54 Å². The molecule has 0 radical (unpaired) electrons. The second-order valence-electron chi connectivity index (χ2n) is 5.65. The average Bonchev–Trinajstić information content (AvgIpc) is 2.69. The fraction of sp³-hybridized carbons (Fsp3) is 1.00. The first kappa shape index (κ1) is 15.9. The summed E-state index contributed by atoms with van der Waals surface area (Å²) >= 11 is 0. The fourth-order valence-electron chi connectivity index (χ4n) is 2.53. The minimum atomic E-state index is -3.09. The zero-order chi connectivity index (χ0) is 13.5. The molecule has 0 aliphatic heterocycles. The van der Waals surface area contributed by atoms with Crippen LogP contribution in [0.2, 0.25) is 0 Å². The number of hydrogen-bond acceptors (Lipinski definition) is 3. The molecule has 2 N–H and O–H groups in total. The van der Waals surface area contributed by atoms with Crippen molar-refractivity contribution in [3.63, 3.8) is 0 Å². The van der Waals surface area contributed by atoms with Crippen molar-refractivity contribution in [3.8, 4) is 0 Å². The highest BCUT2D eigenvalue weighted by Gasteiger charge is 2.32. The lowest BCUT2D eigenvalue weighted by molar-refractivity contribution is 0.427. The molecule has 0 bridgehead atoms. The zero-order valence-electron chi connectivity index (χ0n) is 11.8. The first-order valence-electron chi connectivity index (χ1n) is 7.20. The van der Waals surface area contributed by atoms with E-state index in [1.54, 1.807) is 0 Å². The van der Waals surface area contributed by atoms with Crippen molar-refractivity contribution in [2.75, 3.05) is 18.8 Å². The molecule has 4 nitrogen and oxygen atoms in total. The standard InChI is InChI=1S/C13H28N2O2S/c1-3-10-14-11-6-7-12-18(16,17)15-13(2)8-4-5-9-13/h14-15H,3-12H2,1-2H3. The number of sulfonamides is 1. The van der Waals surface area contributed by atoms with Gasteiger partial charge in [-0.1, -0.05) is 19.8 Å². The summed E-state index contributed by atoms with van der Waals surface area (Å²) in [4.78, 5) is 0. The van der Waals surface area contributed by atoms with E-state index in [1.807, 2.05) is 6.92 Å². The van der Waals surface area contributed by atoms with Gasteiger partial charge in [-0.15, -0.1) is 0 Å². The summed E-state index contributed by atoms with van der Waals surface area (Å²) in [5.74, 6) is 0.260. The lowest BCUT2D eigenvalue weighted by Crippen LogP contribution is -2.44. The van der Waals surface area contributed by atoms with Gasteiger partial charge >= 0.3 is 0 Å². The summed E-state index contributed by atoms with van der Waals surface area (Å²) in [6.45, 7) is 6.09. The molecular weight excluding hydrogens is 248 g/mol. The Morgan fingerprint density at radius 2 is 1.78 bits per heavy atom. The van der Waals surface area contributed by atoms with Crippen LogP contribution in [0.1, 0.15) is 58.8 Å². The smallest absolute Gasteiger partial charge is 0.212 e. The lowest BCUT2D eigenvalue weighted by atomic mass is 10.0. The quantitative estimate of drug-likeness (QED) is 0.633. The van der Waals surface area contributed by atoms with Gasteiger partial charge in [0.15, 0.2) is 0 Å². The molecule has 0 aromatic rings. The molecule has 0 aromatic heterocycles. The molecule has 0 amide bonds. The Morgan fingerprint density at radius 3 is 2.39 bits per heavy atom. The Bertz CT molecular complexity index is 322. The van der Waals surface area contributed by atoms with Gasteiger partial charge < -0.3 is 5.32 Å². The third-order valence-corrected chi connectivity index (χ3v) is 5.18. The molecule has 0 unspecified atom stereocenters. The summed E-state index contributed by atoms with van der Waals surface area (Å²) in [5, 5.41) is 3.29. The maximum Gasteiger partial charge on any atom is 0.212 e. The van der Waals surface area contributed by atoms with E-state index >= 15 is 0 Å². The Labute approximate surface area is 112 Å². The summed E-state index contributed by atoms with van der Waals surface area (Å²) < 4.78 is 26.8. The van der Waals surface area contributed by atoms with Crippen molar-refractivity contribution in [1.82, 2.24) is 10.0 Å². The van der Waals surface area contributed by atoms with Crippen LogP contribution in [0.15, 0.2) is 0 Å². The molecule has 0 spiro atoms. The highest BCUT2D eigenvalue weighted by Crippen LogP contribution is 2.29. The van der Waals surface area contributed by atoms with E-state index in [0.29, 0.717) is 0 Å². The molecule has 0 atom stereocenters. The summed E-state index contributed by atoms with van der Waals surface area (Å²) in [6, 6.07) is 0. The number of nitrogens with one attached hydrogen (secondary N) is 2. The number of unbranched alkanes of at least 4 members (excludes halogenated alkanes) is 1. The van der Waals surface area contributed by atoms with Gasteiger partial charge in [0.05, 0.1) is 5.75 Å². The van der Waals surface area contributed by atoms with Crippen LogP contribution in [0, 0.1) is 0 Å². The normalized spacial score (nSPS) is 19.2. The van der Waals surface area contributed by atoms with Gasteiger partial charge in [0.25, 0.3) is 0 Å². The van der Waals surface area contributed by atoms with Crippen LogP contribution in [0.25, 0.3) is 0 Å². The molecule has 1 aliphatic rings. The Morgan fingerprint density at radius 1 is 1.11 bits per heavy atom. The second kappa shape index (κ2) is 7.46. The Balaban J connectivity index is 2.19. The van der Waals surface area contributed by atoms with Crippen LogP contribution in [-0.4, -0.2) is 32.8 Å². The largest absolute Gasteiger partial charge is 0.317 e. The monoisotopic (exact) mass is 276 g/mol. The predicted molar refractivity (Wildman–Crippen MR) is 76.2 cm³/mol. The van der Waals surface area contributed by atoms with E-state index in [0.717, 1.165) is 58.0 Å². The molecule has 18 heavy (non-hydrogen) atoms. The molecule has 1 aliphatic carbocycles. The molecule has 1 rings (SSSR count). The molecule has 1 saturated carbocycles. The molecule has 0 saturated heterocycles. The van der Waals surface area contributed by atoms with Crippen molar-refractivity contribution < 1.29 is 8.42 Å². The van der Waals surface area contributed by atoms with Crippen molar-refractivity contribution in [2.45, 2.75) is 64.3 Å². The maximum atomic E-state index is 11.9. The zero-order valence-corrected chi connectivity index (χ0v) is 12.6. The van der Waals surface area contributed by atoms with Crippen molar-refractivity contribution >= 4 is 10.0 Å². The highest BCUT2D eigenvalue weighted by atomic mass is 32.2. The highest BCUT2D eigenvalue weighted by molar-refractivity contribution is 7.89. The van der Waals surface area contributed by atoms with E-state index in [9.17, 15) is 8.42 Å². The lowest BCUT2D eigenvalue weighted by Gasteiger charge is -2.24. The van der Waals surface area contributed by atoms with Crippen LogP contribution in [0.3, 0.4) is 0 Å². The third-order valence-electron chi connectivity index (χ3n) is 3.55. The summed E-state index contributed by atoms with van der Waals surface area (Å²) in [5.41, 5.74) is -0.181. The van der Waals surface area contributed by atoms with Gasteiger partial charge in [-0.25, -0.2) is 13.1 Å². The molecular formula is C13H28N2O2S. The molecule has 0 aromatic carbocycles. The minimum absolute atomic E-state index is 0.181. The molecule has 0 heterocycles. The third kappa shape index (κ3) is 6.16. The maximum absolute atomic E-state index is 11.9. The summed E-state index contributed by atoms with van der Waals surface area (Å²) in [7, 11) is -3.09. The van der Waals surface area contributed by atoms with E-state index < -0.39 is 10.0 Å². The first-order valence-corrected chi connectivity index (χ1v) is 8.85. The van der Waals surface area contributed by atoms with Crippen LogP contribution < -0.4 is 10.0 Å². The summed E-state index contributed by atoms with van der Waals surface area (Å²) in [6.07, 6.45) is 7.02. The van der Waals surface area contributed by atoms with Gasteiger partial charge in [-0.3, -0.25) is 0 Å². The van der Waals surface area contributed by atoms with Crippen LogP contribution in [0.4, 0.5) is 0 Å². The Kier molecular flexibility index (Phi) is 6.60. The Hall–Kier alpha value is -0.130. The van der Waals surface area contributed by atoms with Gasteiger partial charge in [-0.2, -0.15) is 0 Å². The first-order chi connectivity index (χ1) is 8.47. The van der Waals surface area contributed by atoms with Gasteiger partial charge in [0.2, 0.25) is 10.0 Å². The van der Waals surface area contributed by atoms with Crippen molar-refractivity contribution in [3.05, 3.63) is 0 Å². The molecule has 1 fully saturated rings. The second-order valence-corrected chi connectivity index (χ2v) is 7.49. The van der Waals surface area contributed by atoms with Crippen LogP contribution >= 0.6 is 0 Å². The minimum Gasteiger partial charge on any atom is -0.317 e. The average molecular weight is 276 g/mol. The molecule has 108 valence electrons. The van der Waals surface area contributed by atoms with Crippen LogP contribution in [0.5, 0.6) is 0 Å². The SMILES string of the molecule is CCCNCCCCS(=O)(=O)NC1(C)CCCC1. The van der Waals surface area contributed by atoms with E-state index in [4.69, 9.17) is 0 Å². The van der Waals surface area contributed by atoms with Crippen LogP contribution in [-0.2, 0) is 10.0 Å². The molecule has 5 heteroatoms. The fourth-order valence-corrected chi connectivity index (χ4v) is 4.17. The topological polar surface area (TPSA) is 58.2 Å². The van der Waals surface area contributed by atoms with E-state index in [2.05, 4.69) is 17.0 Å². The predicted octanol–water partition coefficient (Wildman–Crippen LogP) is 2.02. The van der Waals surface area contributed by atoms with Gasteiger partial charge in [0.1, 0.15) is 0 Å². The van der Waals surface area contributed by atoms with E-state index in [-0.39, 0.29) is 11.3 Å². The number of hydrogen-bond donors (Lipinski definition) is 2. The van der Waals surface area contributed by atoms with Gasteiger partial charge in [-0.05, 0) is 52.1 Å². The van der Waals surface area contributed by atoms with Crippen molar-refractivity contribution in [2.24, 2.45) is 0 Å².